The zero-order valence-electron chi connectivity index (χ0n) is 12.7. The molecule has 0 radical (unpaired) electrons. The van der Waals surface area contributed by atoms with E-state index in [0.717, 1.165) is 6.42 Å². The Kier molecular flexibility index (Phi) is 4.49. The van der Waals surface area contributed by atoms with Gasteiger partial charge in [0.2, 0.25) is 0 Å². The highest BCUT2D eigenvalue weighted by molar-refractivity contribution is 5.92. The van der Waals surface area contributed by atoms with Gasteiger partial charge in [0.1, 0.15) is 5.69 Å². The monoisotopic (exact) mass is 296 g/mol. The predicted octanol–water partition coefficient (Wildman–Crippen LogP) is 2.55. The lowest BCUT2D eigenvalue weighted by atomic mass is 10.1. The minimum atomic E-state index is -0.0196. The summed E-state index contributed by atoms with van der Waals surface area (Å²) in [6.07, 6.45) is 2.53. The van der Waals surface area contributed by atoms with Crippen LogP contribution in [0, 0.1) is 0 Å². The van der Waals surface area contributed by atoms with Gasteiger partial charge in [0.25, 0.3) is 5.91 Å². The SMILES string of the molecule is CC1CN(C(=O)c2ccccn2)CC(Cc2ccccc2)O1. The Labute approximate surface area is 130 Å². The van der Waals surface area contributed by atoms with Gasteiger partial charge in [0, 0.05) is 25.7 Å². The second-order valence-corrected chi connectivity index (χ2v) is 5.68. The second kappa shape index (κ2) is 6.71. The first kappa shape index (κ1) is 14.7. The molecule has 3 rings (SSSR count). The molecule has 2 heterocycles. The molecule has 4 nitrogen and oxygen atoms in total. The molecule has 114 valence electrons. The van der Waals surface area contributed by atoms with Crippen LogP contribution in [-0.4, -0.2) is 41.1 Å². The summed E-state index contributed by atoms with van der Waals surface area (Å²) in [4.78, 5) is 18.6. The van der Waals surface area contributed by atoms with E-state index in [0.29, 0.717) is 18.8 Å². The molecule has 1 amide bonds. The smallest absolute Gasteiger partial charge is 0.272 e. The summed E-state index contributed by atoms with van der Waals surface area (Å²) >= 11 is 0. The van der Waals surface area contributed by atoms with Crippen LogP contribution in [0.4, 0.5) is 0 Å². The zero-order chi connectivity index (χ0) is 15.4. The van der Waals surface area contributed by atoms with Crippen molar-refractivity contribution in [3.63, 3.8) is 0 Å². The van der Waals surface area contributed by atoms with Crippen LogP contribution in [0.25, 0.3) is 0 Å². The van der Waals surface area contributed by atoms with Crippen LogP contribution < -0.4 is 0 Å². The summed E-state index contributed by atoms with van der Waals surface area (Å²) in [6.45, 7) is 3.23. The molecule has 1 aromatic carbocycles. The molecule has 1 aliphatic heterocycles. The van der Waals surface area contributed by atoms with Crippen molar-refractivity contribution >= 4 is 5.91 Å². The molecule has 1 fully saturated rings. The molecule has 2 atom stereocenters. The number of hydrogen-bond acceptors (Lipinski definition) is 3. The van der Waals surface area contributed by atoms with Crippen molar-refractivity contribution in [3.05, 3.63) is 66.0 Å². The number of pyridine rings is 1. The lowest BCUT2D eigenvalue weighted by Gasteiger charge is -2.36. The third-order valence-electron chi connectivity index (χ3n) is 3.80. The van der Waals surface area contributed by atoms with Crippen LogP contribution in [-0.2, 0) is 11.2 Å². The van der Waals surface area contributed by atoms with E-state index in [1.54, 1.807) is 12.3 Å². The topological polar surface area (TPSA) is 42.4 Å². The Bertz CT molecular complexity index is 615. The number of hydrogen-bond donors (Lipinski definition) is 0. The van der Waals surface area contributed by atoms with E-state index in [1.807, 2.05) is 42.2 Å². The van der Waals surface area contributed by atoms with Crippen molar-refractivity contribution in [2.24, 2.45) is 0 Å². The molecular formula is C18H20N2O2. The Morgan fingerprint density at radius 2 is 1.95 bits per heavy atom. The van der Waals surface area contributed by atoms with E-state index < -0.39 is 0 Å². The lowest BCUT2D eigenvalue weighted by molar-refractivity contribution is -0.0665. The molecule has 1 aliphatic rings. The molecule has 0 spiro atoms. The highest BCUT2D eigenvalue weighted by Gasteiger charge is 2.29. The molecule has 0 bridgehead atoms. The van der Waals surface area contributed by atoms with E-state index in [9.17, 15) is 4.79 Å². The number of rotatable bonds is 3. The van der Waals surface area contributed by atoms with Gasteiger partial charge < -0.3 is 9.64 Å². The van der Waals surface area contributed by atoms with Gasteiger partial charge in [-0.05, 0) is 24.6 Å². The van der Waals surface area contributed by atoms with Gasteiger partial charge in [0.15, 0.2) is 0 Å². The Hall–Kier alpha value is -2.20. The standard InChI is InChI=1S/C18H20N2O2/c1-14-12-20(18(21)17-9-5-6-10-19-17)13-16(22-14)11-15-7-3-2-4-8-15/h2-10,14,16H,11-13H2,1H3. The number of ether oxygens (including phenoxy) is 1. The molecule has 4 heteroatoms. The number of nitrogens with zero attached hydrogens (tertiary/aromatic N) is 2. The van der Waals surface area contributed by atoms with Crippen molar-refractivity contribution in [2.45, 2.75) is 25.6 Å². The first-order valence-electron chi connectivity index (χ1n) is 7.62. The maximum Gasteiger partial charge on any atom is 0.272 e. The molecule has 22 heavy (non-hydrogen) atoms. The summed E-state index contributed by atoms with van der Waals surface area (Å²) in [6, 6.07) is 15.7. The number of carbonyl (C=O) groups excluding carboxylic acids is 1. The normalized spacial score (nSPS) is 21.6. The summed E-state index contributed by atoms with van der Waals surface area (Å²) in [5.74, 6) is -0.0196. The largest absolute Gasteiger partial charge is 0.371 e. The zero-order valence-corrected chi connectivity index (χ0v) is 12.7. The van der Waals surface area contributed by atoms with E-state index in [1.165, 1.54) is 5.56 Å². The minimum Gasteiger partial charge on any atom is -0.371 e. The number of amides is 1. The molecule has 1 aromatic heterocycles. The van der Waals surface area contributed by atoms with Crippen molar-refractivity contribution in [3.8, 4) is 0 Å². The Balaban J connectivity index is 1.69. The maximum absolute atomic E-state index is 12.6. The van der Waals surface area contributed by atoms with Crippen LogP contribution >= 0.6 is 0 Å². The van der Waals surface area contributed by atoms with Gasteiger partial charge in [-0.1, -0.05) is 36.4 Å². The van der Waals surface area contributed by atoms with Crippen molar-refractivity contribution in [1.29, 1.82) is 0 Å². The fourth-order valence-corrected chi connectivity index (χ4v) is 2.85. The molecule has 0 saturated carbocycles. The van der Waals surface area contributed by atoms with Crippen LogP contribution in [0.1, 0.15) is 23.0 Å². The van der Waals surface area contributed by atoms with E-state index in [-0.39, 0.29) is 18.1 Å². The summed E-state index contributed by atoms with van der Waals surface area (Å²) < 4.78 is 5.99. The van der Waals surface area contributed by atoms with Gasteiger partial charge in [-0.3, -0.25) is 9.78 Å². The van der Waals surface area contributed by atoms with Gasteiger partial charge in [-0.2, -0.15) is 0 Å². The van der Waals surface area contributed by atoms with Crippen molar-refractivity contribution in [2.75, 3.05) is 13.1 Å². The Morgan fingerprint density at radius 3 is 2.68 bits per heavy atom. The fourth-order valence-electron chi connectivity index (χ4n) is 2.85. The van der Waals surface area contributed by atoms with Crippen molar-refractivity contribution < 1.29 is 9.53 Å². The molecule has 2 aromatic rings. The van der Waals surface area contributed by atoms with Crippen molar-refractivity contribution in [1.82, 2.24) is 9.88 Å². The molecule has 1 saturated heterocycles. The summed E-state index contributed by atoms with van der Waals surface area (Å²) in [7, 11) is 0. The predicted molar refractivity (Wildman–Crippen MR) is 84.6 cm³/mol. The number of carbonyl (C=O) groups is 1. The first-order chi connectivity index (χ1) is 10.7. The summed E-state index contributed by atoms with van der Waals surface area (Å²) in [5.41, 5.74) is 1.72. The van der Waals surface area contributed by atoms with Gasteiger partial charge in [-0.25, -0.2) is 0 Å². The molecular weight excluding hydrogens is 276 g/mol. The molecule has 0 aliphatic carbocycles. The van der Waals surface area contributed by atoms with E-state index in [2.05, 4.69) is 17.1 Å². The number of morpholine rings is 1. The quantitative estimate of drug-likeness (QED) is 0.874. The van der Waals surface area contributed by atoms with Gasteiger partial charge >= 0.3 is 0 Å². The average Bonchev–Trinajstić information content (AvgIpc) is 2.55. The number of benzene rings is 1. The third-order valence-corrected chi connectivity index (χ3v) is 3.80. The third kappa shape index (κ3) is 3.52. The summed E-state index contributed by atoms with van der Waals surface area (Å²) in [5, 5.41) is 0. The highest BCUT2D eigenvalue weighted by atomic mass is 16.5. The van der Waals surface area contributed by atoms with Crippen LogP contribution in [0.2, 0.25) is 0 Å². The van der Waals surface area contributed by atoms with Gasteiger partial charge in [0.05, 0.1) is 12.2 Å². The molecule has 0 N–H and O–H groups in total. The number of aromatic nitrogens is 1. The maximum atomic E-state index is 12.6. The van der Waals surface area contributed by atoms with Crippen LogP contribution in [0.15, 0.2) is 54.7 Å². The van der Waals surface area contributed by atoms with E-state index in [4.69, 9.17) is 4.74 Å². The fraction of sp³-hybridized carbons (Fsp3) is 0.333. The highest BCUT2D eigenvalue weighted by Crippen LogP contribution is 2.17. The van der Waals surface area contributed by atoms with Gasteiger partial charge in [-0.15, -0.1) is 0 Å². The Morgan fingerprint density at radius 1 is 1.18 bits per heavy atom. The van der Waals surface area contributed by atoms with Crippen LogP contribution in [0.5, 0.6) is 0 Å². The lowest BCUT2D eigenvalue weighted by Crippen LogP contribution is -2.50. The van der Waals surface area contributed by atoms with E-state index >= 15 is 0 Å². The first-order valence-corrected chi connectivity index (χ1v) is 7.62. The minimum absolute atomic E-state index is 0.0196. The van der Waals surface area contributed by atoms with Crippen LogP contribution in [0.3, 0.4) is 0 Å². The molecule has 2 unspecified atom stereocenters. The second-order valence-electron chi connectivity index (χ2n) is 5.68. The average molecular weight is 296 g/mol.